The minimum atomic E-state index is 0.907. The predicted octanol–water partition coefficient (Wildman–Crippen LogP) is 32.4. The quantitative estimate of drug-likeness (QED) is 0.149. The van der Waals surface area contributed by atoms with Crippen LogP contribution >= 0.6 is 0 Å². The van der Waals surface area contributed by atoms with E-state index >= 15 is 0 Å². The summed E-state index contributed by atoms with van der Waals surface area (Å²) in [7, 11) is 0. The summed E-state index contributed by atoms with van der Waals surface area (Å²) in [6.45, 7) is 0. The summed E-state index contributed by atoms with van der Waals surface area (Å²) in [4.78, 5) is 0. The highest BCUT2D eigenvalue weighted by Crippen LogP contribution is 2.50. The second-order valence-corrected chi connectivity index (χ2v) is 30.2. The van der Waals surface area contributed by atoms with E-state index in [1.807, 2.05) is 36.4 Å². The topological polar surface area (TPSA) is 52.6 Å². The van der Waals surface area contributed by atoms with E-state index in [2.05, 4.69) is 376 Å². The molecule has 0 N–H and O–H groups in total. The van der Waals surface area contributed by atoms with E-state index in [1.165, 1.54) is 159 Å². The van der Waals surface area contributed by atoms with Gasteiger partial charge in [-0.3, -0.25) is 0 Å². The van der Waals surface area contributed by atoms with E-state index in [0.29, 0.717) is 0 Å². The molecule has 4 heterocycles. The number of hydrogen-bond acceptors (Lipinski definition) is 4. The van der Waals surface area contributed by atoms with Gasteiger partial charge in [-0.1, -0.05) is 334 Å². The molecule has 540 valence electrons. The maximum atomic E-state index is 6.30. The maximum absolute atomic E-state index is 6.30. The molecular weight excluding hydrogens is 1410 g/mol. The van der Waals surface area contributed by atoms with Crippen molar-refractivity contribution in [3.8, 4) is 77.9 Å². The van der Waals surface area contributed by atoms with Crippen LogP contribution in [0.3, 0.4) is 0 Å². The van der Waals surface area contributed by atoms with Crippen molar-refractivity contribution in [3.63, 3.8) is 0 Å². The summed E-state index contributed by atoms with van der Waals surface area (Å²) < 4.78 is 24.9. The Morgan fingerprint density at radius 3 is 0.836 bits per heavy atom. The Morgan fingerprint density at radius 1 is 0.121 bits per heavy atom. The Morgan fingerprint density at radius 2 is 0.397 bits per heavy atom. The van der Waals surface area contributed by atoms with Crippen molar-refractivity contribution in [2.24, 2.45) is 0 Å². The van der Waals surface area contributed by atoms with Gasteiger partial charge in [-0.15, -0.1) is 0 Å². The monoisotopic (exact) mass is 1480 g/mol. The molecule has 4 aromatic heterocycles. The predicted molar refractivity (Wildman–Crippen MR) is 489 cm³/mol. The number of furan rings is 4. The van der Waals surface area contributed by atoms with E-state index in [-0.39, 0.29) is 0 Å². The number of fused-ring (bicyclic) bond motifs is 20. The third-order valence-corrected chi connectivity index (χ3v) is 23.8. The lowest BCUT2D eigenvalue weighted by Gasteiger charge is -2.17. The Labute approximate surface area is 666 Å². The zero-order chi connectivity index (χ0) is 76.3. The lowest BCUT2D eigenvalue weighted by Crippen LogP contribution is -1.90. The van der Waals surface area contributed by atoms with E-state index < -0.39 is 0 Å². The fraction of sp³-hybridized carbons (Fsp3) is 0. The van der Waals surface area contributed by atoms with Crippen LogP contribution in [0.1, 0.15) is 0 Å². The molecule has 0 amide bonds. The van der Waals surface area contributed by atoms with Crippen LogP contribution in [0.2, 0.25) is 0 Å². The zero-order valence-electron chi connectivity index (χ0n) is 62.9. The highest BCUT2D eigenvalue weighted by atomic mass is 16.3. The molecule has 0 radical (unpaired) electrons. The van der Waals surface area contributed by atoms with Gasteiger partial charge < -0.3 is 17.7 Å². The molecule has 0 aliphatic rings. The van der Waals surface area contributed by atoms with Crippen molar-refractivity contribution >= 4 is 163 Å². The van der Waals surface area contributed by atoms with Crippen LogP contribution in [0, 0.1) is 0 Å². The van der Waals surface area contributed by atoms with Crippen molar-refractivity contribution < 1.29 is 17.7 Å². The molecule has 0 saturated heterocycles. The van der Waals surface area contributed by atoms with Crippen LogP contribution in [0.15, 0.2) is 430 Å². The first kappa shape index (κ1) is 66.4. The molecule has 4 nitrogen and oxygen atoms in total. The van der Waals surface area contributed by atoms with E-state index in [9.17, 15) is 0 Å². The highest BCUT2D eigenvalue weighted by Gasteiger charge is 2.23. The van der Waals surface area contributed by atoms with Gasteiger partial charge in [0.25, 0.3) is 0 Å². The van der Waals surface area contributed by atoms with Crippen LogP contribution in [-0.2, 0) is 0 Å². The van der Waals surface area contributed by atoms with Gasteiger partial charge in [-0.05, 0) is 232 Å². The fourth-order valence-electron chi connectivity index (χ4n) is 18.7. The van der Waals surface area contributed by atoms with Crippen molar-refractivity contribution in [1.29, 1.82) is 0 Å². The van der Waals surface area contributed by atoms with E-state index in [0.717, 1.165) is 82.4 Å². The largest absolute Gasteiger partial charge is 0.456 e. The van der Waals surface area contributed by atoms with Gasteiger partial charge in [0.15, 0.2) is 0 Å². The normalized spacial score (nSPS) is 11.8. The van der Waals surface area contributed by atoms with Crippen molar-refractivity contribution in [3.05, 3.63) is 413 Å². The molecule has 0 saturated carbocycles. The molecular formula is C112H68O4. The maximum Gasteiger partial charge on any atom is 0.136 e. The molecule has 0 aliphatic heterocycles. The average molecular weight is 1480 g/mol. The second-order valence-electron chi connectivity index (χ2n) is 30.2. The highest BCUT2D eigenvalue weighted by molar-refractivity contribution is 6.26. The summed E-state index contributed by atoms with van der Waals surface area (Å²) in [5.41, 5.74) is 24.5. The molecule has 0 fully saturated rings. The number of hydrogen-bond donors (Lipinski definition) is 0. The number of benzene rings is 21. The zero-order valence-corrected chi connectivity index (χ0v) is 62.9. The summed E-state index contributed by atoms with van der Waals surface area (Å²) in [5, 5.41) is 26.7. The third-order valence-electron chi connectivity index (χ3n) is 23.8. The Balaban J connectivity index is 0.000000104. The summed E-state index contributed by atoms with van der Waals surface area (Å²) in [6.07, 6.45) is 0. The fourth-order valence-corrected chi connectivity index (χ4v) is 18.7. The first-order valence-corrected chi connectivity index (χ1v) is 39.7. The van der Waals surface area contributed by atoms with Crippen LogP contribution in [-0.4, -0.2) is 0 Å². The van der Waals surface area contributed by atoms with Gasteiger partial charge in [-0.2, -0.15) is 0 Å². The van der Waals surface area contributed by atoms with Crippen LogP contribution < -0.4 is 0 Å². The Kier molecular flexibility index (Phi) is 15.6. The lowest BCUT2D eigenvalue weighted by atomic mass is 9.86. The van der Waals surface area contributed by atoms with Crippen molar-refractivity contribution in [2.45, 2.75) is 0 Å². The van der Waals surface area contributed by atoms with Crippen LogP contribution in [0.25, 0.3) is 241 Å². The molecule has 0 spiro atoms. The molecule has 0 aliphatic carbocycles. The van der Waals surface area contributed by atoms with E-state index in [1.54, 1.807) is 0 Å². The summed E-state index contributed by atoms with van der Waals surface area (Å²) in [6, 6.07) is 147. The Hall–Kier alpha value is -15.4. The van der Waals surface area contributed by atoms with Gasteiger partial charge in [0.05, 0.1) is 0 Å². The SMILES string of the molecule is c1ccc(-c2c3cccc(-c4ccc5oc6ccccc6c5c4)c3cc3c(-c4ccc5oc6ccccc6c5c4)cccc23)cc1.c1ccc(-c2c3ccccc3c(-c3ccc4c(c3)oc3ccccc34)c3ccccc23)cc1.c1ccc(-c2c3ccccc3c(-c3ccc4oc5ccc6ccccc6c5c4c3)c3ccccc23)cc1. The molecule has 21 aromatic carbocycles. The molecule has 0 bridgehead atoms. The molecule has 0 unspecified atom stereocenters. The average Bonchev–Trinajstić information content (AvgIpc) is 0.784. The molecule has 4 heteroatoms. The first-order valence-electron chi connectivity index (χ1n) is 39.7. The van der Waals surface area contributed by atoms with Crippen LogP contribution in [0.5, 0.6) is 0 Å². The molecule has 25 rings (SSSR count). The lowest BCUT2D eigenvalue weighted by molar-refractivity contribution is 0.668. The minimum Gasteiger partial charge on any atom is -0.456 e. The van der Waals surface area contributed by atoms with E-state index in [4.69, 9.17) is 17.7 Å². The van der Waals surface area contributed by atoms with Gasteiger partial charge in [-0.25, -0.2) is 0 Å². The van der Waals surface area contributed by atoms with Gasteiger partial charge >= 0.3 is 0 Å². The summed E-state index contributed by atoms with van der Waals surface area (Å²) in [5.74, 6) is 0. The second kappa shape index (κ2) is 27.2. The van der Waals surface area contributed by atoms with Gasteiger partial charge in [0.2, 0.25) is 0 Å². The van der Waals surface area contributed by atoms with Crippen molar-refractivity contribution in [1.82, 2.24) is 0 Å². The summed E-state index contributed by atoms with van der Waals surface area (Å²) >= 11 is 0. The number of para-hydroxylation sites is 3. The molecule has 0 atom stereocenters. The molecule has 116 heavy (non-hydrogen) atoms. The molecule has 25 aromatic rings. The first-order chi connectivity index (χ1) is 57.5. The van der Waals surface area contributed by atoms with Crippen LogP contribution in [0.4, 0.5) is 0 Å². The number of rotatable bonds is 7. The van der Waals surface area contributed by atoms with Gasteiger partial charge in [0.1, 0.15) is 44.7 Å². The van der Waals surface area contributed by atoms with Crippen molar-refractivity contribution in [2.75, 3.05) is 0 Å². The van der Waals surface area contributed by atoms with Gasteiger partial charge in [0, 0.05) is 43.1 Å². The minimum absolute atomic E-state index is 0.907. The standard InChI is InChI=1S/C44H26O2.C36H22O.C32H20O/c1-2-10-27(11-3-1)44-34-16-8-14-30(28-20-22-42-38(24-28)32-12-4-6-18-40(32)45-42)36(34)26-37-31(15-9-17-35(37)44)29-21-23-43-39(25-29)33-13-5-7-19-41(33)46-43;1-2-11-24(12-3-1)34-27-14-6-8-16-29(27)35(30-17-9-7-15-28(30)34)25-19-20-32-31(22-25)36-26-13-5-4-10-23(26)18-21-33(36)37-32;1-2-10-21(11-3-1)31-25-13-4-6-15-27(25)32(28-16-7-5-14-26(28)31)22-18-19-24-23-12-8-9-17-29(23)33-30(24)20-22/h1-26H;1-22H;1-20H. The third kappa shape index (κ3) is 10.9. The Bertz CT molecular complexity index is 7980. The smallest absolute Gasteiger partial charge is 0.136 e.